The summed E-state index contributed by atoms with van der Waals surface area (Å²) in [5.74, 6) is 0.0568. The summed E-state index contributed by atoms with van der Waals surface area (Å²) < 4.78 is 0. The molecule has 0 saturated carbocycles. The fourth-order valence-electron chi connectivity index (χ4n) is 1.99. The summed E-state index contributed by atoms with van der Waals surface area (Å²) in [6.07, 6.45) is 4.06. The van der Waals surface area contributed by atoms with Crippen LogP contribution in [-0.2, 0) is 4.79 Å². The molecule has 18 heavy (non-hydrogen) atoms. The number of hydrogen-bond donors (Lipinski definition) is 1. The van der Waals surface area contributed by atoms with E-state index in [1.807, 2.05) is 42.6 Å². The van der Waals surface area contributed by atoms with Crippen LogP contribution in [0.15, 0.2) is 53.7 Å². The highest BCUT2D eigenvalue weighted by molar-refractivity contribution is 7.99. The number of para-hydroxylation sites is 1. The number of carbonyl (C=O) groups excluding carboxylic acids is 1. The number of pyridine rings is 1. The third kappa shape index (κ3) is 2.24. The van der Waals surface area contributed by atoms with Crippen LogP contribution in [0.5, 0.6) is 0 Å². The molecule has 4 heteroatoms. The van der Waals surface area contributed by atoms with Gasteiger partial charge in [-0.25, -0.2) is 0 Å². The Morgan fingerprint density at radius 3 is 2.94 bits per heavy atom. The minimum absolute atomic E-state index is 0.0568. The van der Waals surface area contributed by atoms with Crippen molar-refractivity contribution in [2.24, 2.45) is 0 Å². The Morgan fingerprint density at radius 1 is 1.22 bits per heavy atom. The number of hydrogen-bond acceptors (Lipinski definition) is 3. The third-order valence-electron chi connectivity index (χ3n) is 2.86. The van der Waals surface area contributed by atoms with E-state index in [0.717, 1.165) is 16.1 Å². The Kier molecular flexibility index (Phi) is 3.02. The number of rotatable bonds is 1. The van der Waals surface area contributed by atoms with Crippen LogP contribution in [0, 0.1) is 0 Å². The Labute approximate surface area is 110 Å². The number of amides is 1. The molecule has 1 aliphatic heterocycles. The molecule has 1 amide bonds. The first-order valence-electron chi connectivity index (χ1n) is 5.78. The number of thioether (sulfide) groups is 1. The van der Waals surface area contributed by atoms with E-state index in [1.165, 1.54) is 0 Å². The second-order valence-corrected chi connectivity index (χ2v) is 5.39. The van der Waals surface area contributed by atoms with Crippen LogP contribution in [0.2, 0.25) is 0 Å². The van der Waals surface area contributed by atoms with Gasteiger partial charge >= 0.3 is 0 Å². The second-order valence-electron chi connectivity index (χ2n) is 4.14. The summed E-state index contributed by atoms with van der Waals surface area (Å²) in [6, 6.07) is 11.8. The summed E-state index contributed by atoms with van der Waals surface area (Å²) in [5, 5.41) is 3.07. The predicted molar refractivity (Wildman–Crippen MR) is 72.5 cm³/mol. The van der Waals surface area contributed by atoms with Gasteiger partial charge in [0.05, 0.1) is 5.69 Å². The van der Waals surface area contributed by atoms with Crippen molar-refractivity contribution in [1.29, 1.82) is 0 Å². The van der Waals surface area contributed by atoms with Gasteiger partial charge in [0.25, 0.3) is 0 Å². The molecule has 3 nitrogen and oxygen atoms in total. The quantitative estimate of drug-likeness (QED) is 0.851. The van der Waals surface area contributed by atoms with Crippen LogP contribution in [0.4, 0.5) is 5.69 Å². The van der Waals surface area contributed by atoms with Crippen molar-refractivity contribution in [3.63, 3.8) is 0 Å². The molecule has 1 atom stereocenters. The van der Waals surface area contributed by atoms with E-state index >= 15 is 0 Å². The van der Waals surface area contributed by atoms with E-state index in [-0.39, 0.29) is 11.2 Å². The lowest BCUT2D eigenvalue weighted by molar-refractivity contribution is -0.116. The summed E-state index contributed by atoms with van der Waals surface area (Å²) in [4.78, 5) is 17.1. The van der Waals surface area contributed by atoms with Crippen LogP contribution in [0.3, 0.4) is 0 Å². The van der Waals surface area contributed by atoms with Crippen LogP contribution >= 0.6 is 11.8 Å². The van der Waals surface area contributed by atoms with Gasteiger partial charge < -0.3 is 5.32 Å². The molecule has 0 fully saturated rings. The molecule has 1 N–H and O–H groups in total. The molecule has 0 spiro atoms. The Morgan fingerprint density at radius 2 is 2.11 bits per heavy atom. The van der Waals surface area contributed by atoms with Crippen molar-refractivity contribution in [3.8, 4) is 0 Å². The van der Waals surface area contributed by atoms with Crippen molar-refractivity contribution in [2.45, 2.75) is 16.6 Å². The minimum atomic E-state index is 0.0568. The van der Waals surface area contributed by atoms with Gasteiger partial charge in [-0.2, -0.15) is 0 Å². The molecule has 1 aromatic heterocycles. The molecular formula is C14H12N2OS. The van der Waals surface area contributed by atoms with Crippen LogP contribution in [0.25, 0.3) is 0 Å². The van der Waals surface area contributed by atoms with E-state index in [9.17, 15) is 4.79 Å². The first kappa shape index (κ1) is 11.3. The number of anilines is 1. The SMILES string of the molecule is O=C1CC(c2cccnc2)Sc2ccccc2N1. The summed E-state index contributed by atoms with van der Waals surface area (Å²) in [5.41, 5.74) is 1.99. The lowest BCUT2D eigenvalue weighted by atomic mass is 10.1. The van der Waals surface area contributed by atoms with Gasteiger partial charge in [0, 0.05) is 29.0 Å². The topological polar surface area (TPSA) is 42.0 Å². The highest BCUT2D eigenvalue weighted by atomic mass is 32.2. The standard InChI is InChI=1S/C14H12N2OS/c17-14-8-13(10-4-3-7-15-9-10)18-12-6-2-1-5-11(12)16-14/h1-7,9,13H,8H2,(H,16,17). The number of carbonyl (C=O) groups is 1. The number of fused-ring (bicyclic) bond motifs is 1. The summed E-state index contributed by atoms with van der Waals surface area (Å²) >= 11 is 1.71. The van der Waals surface area contributed by atoms with E-state index in [1.54, 1.807) is 18.0 Å². The van der Waals surface area contributed by atoms with E-state index in [2.05, 4.69) is 10.3 Å². The van der Waals surface area contributed by atoms with Gasteiger partial charge in [0.2, 0.25) is 5.91 Å². The van der Waals surface area contributed by atoms with Crippen molar-refractivity contribution in [1.82, 2.24) is 4.98 Å². The van der Waals surface area contributed by atoms with Crippen molar-refractivity contribution >= 4 is 23.4 Å². The van der Waals surface area contributed by atoms with Gasteiger partial charge in [-0.15, -0.1) is 11.8 Å². The molecule has 3 rings (SSSR count). The zero-order valence-electron chi connectivity index (χ0n) is 9.67. The largest absolute Gasteiger partial charge is 0.325 e. The fraction of sp³-hybridized carbons (Fsp3) is 0.143. The Balaban J connectivity index is 1.97. The maximum absolute atomic E-state index is 11.9. The van der Waals surface area contributed by atoms with Gasteiger partial charge in [-0.3, -0.25) is 9.78 Å². The van der Waals surface area contributed by atoms with Crippen LogP contribution in [-0.4, -0.2) is 10.9 Å². The number of nitrogens with one attached hydrogen (secondary N) is 1. The average molecular weight is 256 g/mol. The monoisotopic (exact) mass is 256 g/mol. The first-order valence-corrected chi connectivity index (χ1v) is 6.66. The number of benzene rings is 1. The van der Waals surface area contributed by atoms with E-state index < -0.39 is 0 Å². The van der Waals surface area contributed by atoms with Crippen LogP contribution < -0.4 is 5.32 Å². The van der Waals surface area contributed by atoms with Gasteiger partial charge in [0.15, 0.2) is 0 Å². The normalized spacial score (nSPS) is 18.7. The molecule has 1 aliphatic rings. The molecular weight excluding hydrogens is 244 g/mol. The zero-order valence-corrected chi connectivity index (χ0v) is 10.5. The summed E-state index contributed by atoms with van der Waals surface area (Å²) in [7, 11) is 0. The number of aromatic nitrogens is 1. The highest BCUT2D eigenvalue weighted by Gasteiger charge is 2.23. The molecule has 1 unspecified atom stereocenters. The lowest BCUT2D eigenvalue weighted by Crippen LogP contribution is -2.11. The predicted octanol–water partition coefficient (Wildman–Crippen LogP) is 3.26. The van der Waals surface area contributed by atoms with E-state index in [0.29, 0.717) is 6.42 Å². The van der Waals surface area contributed by atoms with E-state index in [4.69, 9.17) is 0 Å². The van der Waals surface area contributed by atoms with Gasteiger partial charge in [0.1, 0.15) is 0 Å². The molecule has 0 aliphatic carbocycles. The smallest absolute Gasteiger partial charge is 0.225 e. The van der Waals surface area contributed by atoms with Crippen molar-refractivity contribution in [3.05, 3.63) is 54.4 Å². The second kappa shape index (κ2) is 4.82. The molecule has 2 heterocycles. The molecule has 0 saturated heterocycles. The summed E-state index contributed by atoms with van der Waals surface area (Å²) in [6.45, 7) is 0. The highest BCUT2D eigenvalue weighted by Crippen LogP contribution is 2.43. The molecule has 0 radical (unpaired) electrons. The maximum Gasteiger partial charge on any atom is 0.225 e. The van der Waals surface area contributed by atoms with Crippen LogP contribution in [0.1, 0.15) is 17.2 Å². The lowest BCUT2D eigenvalue weighted by Gasteiger charge is -2.12. The maximum atomic E-state index is 11.9. The van der Waals surface area contributed by atoms with Crippen molar-refractivity contribution in [2.75, 3.05) is 5.32 Å². The average Bonchev–Trinajstić information content (AvgIpc) is 2.57. The Bertz CT molecular complexity index is 571. The molecule has 0 bridgehead atoms. The molecule has 1 aromatic carbocycles. The minimum Gasteiger partial charge on any atom is -0.325 e. The van der Waals surface area contributed by atoms with Gasteiger partial charge in [-0.1, -0.05) is 18.2 Å². The fourth-order valence-corrected chi connectivity index (χ4v) is 3.21. The third-order valence-corrected chi connectivity index (χ3v) is 4.19. The number of nitrogens with zero attached hydrogens (tertiary/aromatic N) is 1. The zero-order chi connectivity index (χ0) is 12.4. The Hall–Kier alpha value is -1.81. The van der Waals surface area contributed by atoms with Gasteiger partial charge in [-0.05, 0) is 23.8 Å². The molecule has 90 valence electrons. The molecule has 2 aromatic rings. The first-order chi connectivity index (χ1) is 8.83. The van der Waals surface area contributed by atoms with Crippen molar-refractivity contribution < 1.29 is 4.79 Å².